The van der Waals surface area contributed by atoms with Crippen LogP contribution in [0, 0.1) is 23.7 Å². The molecular formula is C58H47N3. The van der Waals surface area contributed by atoms with Gasteiger partial charge in [-0.15, -0.1) is 0 Å². The molecule has 0 N–H and O–H groups in total. The maximum absolute atomic E-state index is 4.57. The van der Waals surface area contributed by atoms with Gasteiger partial charge in [-0.25, -0.2) is 0 Å². The first-order valence-electron chi connectivity index (χ1n) is 22.1. The highest BCUT2D eigenvalue weighted by molar-refractivity contribution is 6.10. The number of aromatic nitrogens is 3. The van der Waals surface area contributed by atoms with E-state index in [1.165, 1.54) is 108 Å². The van der Waals surface area contributed by atoms with E-state index in [4.69, 9.17) is 0 Å². The Labute approximate surface area is 357 Å². The molecule has 0 saturated heterocycles. The van der Waals surface area contributed by atoms with E-state index in [0.717, 1.165) is 24.0 Å². The molecule has 3 saturated carbocycles. The van der Waals surface area contributed by atoms with Crippen LogP contribution < -0.4 is 0 Å². The van der Waals surface area contributed by atoms with Crippen LogP contribution in [0.5, 0.6) is 0 Å². The molecule has 7 aromatic carbocycles. The number of allylic oxidation sites excluding steroid dienone is 1. The minimum absolute atomic E-state index is 0.614. The summed E-state index contributed by atoms with van der Waals surface area (Å²) in [6, 6.07) is 66.8. The van der Waals surface area contributed by atoms with Crippen LogP contribution in [0.2, 0.25) is 0 Å². The van der Waals surface area contributed by atoms with Crippen LogP contribution in [0.4, 0.5) is 0 Å². The number of hydrogen-bond acceptors (Lipinski definition) is 1. The van der Waals surface area contributed by atoms with E-state index >= 15 is 0 Å². The van der Waals surface area contributed by atoms with Crippen LogP contribution in [0.1, 0.15) is 36.8 Å². The van der Waals surface area contributed by atoms with Gasteiger partial charge in [0.2, 0.25) is 0 Å². The maximum atomic E-state index is 4.57. The molecule has 3 heterocycles. The van der Waals surface area contributed by atoms with Gasteiger partial charge in [-0.1, -0.05) is 127 Å². The highest BCUT2D eigenvalue weighted by Crippen LogP contribution is 2.51. The van der Waals surface area contributed by atoms with Crippen LogP contribution in [0.25, 0.3) is 83.4 Å². The highest BCUT2D eigenvalue weighted by Gasteiger charge is 2.42. The molecule has 0 spiro atoms. The van der Waals surface area contributed by atoms with Crippen molar-refractivity contribution in [1.29, 1.82) is 0 Å². The summed E-state index contributed by atoms with van der Waals surface area (Å²) in [5.74, 6) is 2.90. The third-order valence-electron chi connectivity index (χ3n) is 14.2. The molecule has 3 aliphatic rings. The van der Waals surface area contributed by atoms with E-state index in [0.29, 0.717) is 11.8 Å². The fraction of sp³-hybridized carbons (Fsp3) is 0.155. The quantitative estimate of drug-likeness (QED) is 0.150. The van der Waals surface area contributed by atoms with Gasteiger partial charge in [0.1, 0.15) is 0 Å². The fourth-order valence-corrected chi connectivity index (χ4v) is 11.2. The number of benzene rings is 7. The third-order valence-corrected chi connectivity index (χ3v) is 14.2. The zero-order chi connectivity index (χ0) is 40.3. The molecular weight excluding hydrogens is 739 g/mol. The summed E-state index contributed by atoms with van der Waals surface area (Å²) in [5, 5.41) is 5.16. The van der Waals surface area contributed by atoms with E-state index in [-0.39, 0.29) is 0 Å². The largest absolute Gasteiger partial charge is 0.309 e. The Kier molecular flexibility index (Phi) is 8.80. The van der Waals surface area contributed by atoms with E-state index in [1.807, 2.05) is 12.3 Å². The predicted octanol–water partition coefficient (Wildman–Crippen LogP) is 14.9. The van der Waals surface area contributed by atoms with Crippen LogP contribution in [-0.2, 0) is 6.42 Å². The first-order valence-corrected chi connectivity index (χ1v) is 22.1. The SMILES string of the molecule is C(=C\C1C2CCC(CC2)[C@@H]1Cc1ccc(-c2ccccn2)cc1)/c1ccc2c(c1)c1ccccc1n2-c1ccc(-c2ccc(-n3c4ccccc4c4ccccc43)cc2)cc1. The molecule has 3 heteroatoms. The Morgan fingerprint density at radius 3 is 1.54 bits per heavy atom. The van der Waals surface area contributed by atoms with Crippen LogP contribution in [0.3, 0.4) is 0 Å². The molecule has 2 atom stereocenters. The van der Waals surface area contributed by atoms with Gasteiger partial charge >= 0.3 is 0 Å². The monoisotopic (exact) mass is 785 g/mol. The number of para-hydroxylation sites is 3. The van der Waals surface area contributed by atoms with Crippen LogP contribution >= 0.6 is 0 Å². The number of hydrogen-bond donors (Lipinski definition) is 0. The third kappa shape index (κ3) is 6.30. The average molecular weight is 786 g/mol. The first kappa shape index (κ1) is 35.9. The Morgan fingerprint density at radius 2 is 0.967 bits per heavy atom. The summed E-state index contributed by atoms with van der Waals surface area (Å²) in [6.45, 7) is 0. The van der Waals surface area contributed by atoms with Gasteiger partial charge in [-0.3, -0.25) is 4.98 Å². The molecule has 3 aromatic heterocycles. The second-order valence-corrected chi connectivity index (χ2v) is 17.5. The van der Waals surface area contributed by atoms with Crippen LogP contribution in [0.15, 0.2) is 194 Å². The molecule has 294 valence electrons. The first-order chi connectivity index (χ1) is 30.2. The molecule has 61 heavy (non-hydrogen) atoms. The van der Waals surface area contributed by atoms with E-state index in [2.05, 4.69) is 202 Å². The zero-order valence-corrected chi connectivity index (χ0v) is 34.2. The summed E-state index contributed by atoms with van der Waals surface area (Å²) in [5.41, 5.74) is 14.7. The summed E-state index contributed by atoms with van der Waals surface area (Å²) >= 11 is 0. The van der Waals surface area contributed by atoms with Crippen molar-refractivity contribution >= 4 is 49.7 Å². The molecule has 0 radical (unpaired) electrons. The number of nitrogens with zero attached hydrogens (tertiary/aromatic N) is 3. The highest BCUT2D eigenvalue weighted by atomic mass is 15.0. The lowest BCUT2D eigenvalue weighted by molar-refractivity contribution is 0.0512. The van der Waals surface area contributed by atoms with E-state index in [1.54, 1.807) is 0 Å². The summed E-state index contributed by atoms with van der Waals surface area (Å²) < 4.78 is 4.81. The zero-order valence-electron chi connectivity index (χ0n) is 34.2. The van der Waals surface area contributed by atoms with Gasteiger partial charge in [0.05, 0.1) is 27.8 Å². The van der Waals surface area contributed by atoms with Crippen molar-refractivity contribution in [3.05, 3.63) is 205 Å². The Balaban J connectivity index is 0.819. The van der Waals surface area contributed by atoms with Gasteiger partial charge in [0.15, 0.2) is 0 Å². The summed E-state index contributed by atoms with van der Waals surface area (Å²) in [6.07, 6.45) is 13.6. The van der Waals surface area contributed by atoms with Gasteiger partial charge in [-0.2, -0.15) is 0 Å². The molecule has 1 unspecified atom stereocenters. The minimum atomic E-state index is 0.614. The Hall–Kier alpha value is -6.97. The van der Waals surface area contributed by atoms with Crippen LogP contribution in [-0.4, -0.2) is 14.1 Å². The van der Waals surface area contributed by atoms with Gasteiger partial charge in [0, 0.05) is 44.7 Å². The molecule has 3 aliphatic carbocycles. The molecule has 0 amide bonds. The minimum Gasteiger partial charge on any atom is -0.309 e. The normalized spacial score (nSPS) is 18.9. The van der Waals surface area contributed by atoms with Gasteiger partial charge in [0.25, 0.3) is 0 Å². The molecule has 0 aliphatic heterocycles. The van der Waals surface area contributed by atoms with Crippen molar-refractivity contribution in [2.24, 2.45) is 23.7 Å². The Bertz CT molecular complexity index is 3160. The average Bonchev–Trinajstić information content (AvgIpc) is 3.85. The molecule has 2 bridgehead atoms. The van der Waals surface area contributed by atoms with Crippen molar-refractivity contribution in [1.82, 2.24) is 14.1 Å². The van der Waals surface area contributed by atoms with Crippen molar-refractivity contribution in [3.63, 3.8) is 0 Å². The van der Waals surface area contributed by atoms with Crippen molar-refractivity contribution in [2.45, 2.75) is 32.1 Å². The maximum Gasteiger partial charge on any atom is 0.0701 e. The summed E-state index contributed by atoms with van der Waals surface area (Å²) in [4.78, 5) is 4.57. The number of pyridine rings is 1. The second kappa shape index (κ2) is 14.9. The Morgan fingerprint density at radius 1 is 0.459 bits per heavy atom. The molecule has 3 fully saturated rings. The van der Waals surface area contributed by atoms with Crippen molar-refractivity contribution in [2.75, 3.05) is 0 Å². The van der Waals surface area contributed by atoms with E-state index in [9.17, 15) is 0 Å². The smallest absolute Gasteiger partial charge is 0.0701 e. The second-order valence-electron chi connectivity index (χ2n) is 17.5. The molecule has 10 aromatic rings. The number of rotatable bonds is 8. The van der Waals surface area contributed by atoms with E-state index < -0.39 is 0 Å². The lowest BCUT2D eigenvalue weighted by atomic mass is 9.57. The fourth-order valence-electron chi connectivity index (χ4n) is 11.2. The number of fused-ring (bicyclic) bond motifs is 9. The topological polar surface area (TPSA) is 22.8 Å². The summed E-state index contributed by atoms with van der Waals surface area (Å²) in [7, 11) is 0. The predicted molar refractivity (Wildman–Crippen MR) is 255 cm³/mol. The lowest BCUT2D eigenvalue weighted by Gasteiger charge is -2.48. The van der Waals surface area contributed by atoms with Gasteiger partial charge in [-0.05, 0) is 145 Å². The van der Waals surface area contributed by atoms with Gasteiger partial charge < -0.3 is 9.13 Å². The standard InChI is InChI=1S/C58H47N3/c1-4-13-55-49(9-1)50-10-2-5-14-56(50)60(55)46-30-26-41(27-31-46)42-28-32-47(33-29-42)61-57-15-6-3-11-51(57)53-38-40(19-35-58(53)61)18-34-48-43-22-24-44(25-23-43)52(48)37-39-16-20-45(21-17-39)54-12-7-8-36-59-54/h1-21,26-36,38,43-44,48,52H,22-25,37H2/b34-18+/t43?,44?,48?,52-/m0/s1. The van der Waals surface area contributed by atoms with Crippen molar-refractivity contribution < 1.29 is 0 Å². The lowest BCUT2D eigenvalue weighted by Crippen LogP contribution is -2.40. The molecule has 3 nitrogen and oxygen atoms in total. The molecule has 13 rings (SSSR count). The van der Waals surface area contributed by atoms with Crippen molar-refractivity contribution in [3.8, 4) is 33.8 Å².